The van der Waals surface area contributed by atoms with Crippen LogP contribution in [0, 0.1) is 0 Å². The zero-order chi connectivity index (χ0) is 18.8. The van der Waals surface area contributed by atoms with E-state index in [4.69, 9.17) is 9.97 Å². The third-order valence-corrected chi connectivity index (χ3v) is 4.70. The van der Waals surface area contributed by atoms with Crippen molar-refractivity contribution in [3.8, 4) is 0 Å². The molecule has 6 heteroatoms. The van der Waals surface area contributed by atoms with Crippen LogP contribution < -0.4 is 5.32 Å². The lowest BCUT2D eigenvalue weighted by Crippen LogP contribution is -2.31. The van der Waals surface area contributed by atoms with Gasteiger partial charge >= 0.3 is 0 Å². The number of rotatable bonds is 6. The lowest BCUT2D eigenvalue weighted by atomic mass is 10.2. The summed E-state index contributed by atoms with van der Waals surface area (Å²) in [5.41, 5.74) is 4.52. The number of carbonyl (C=O) groups is 1. The molecule has 0 bridgehead atoms. The second-order valence-electron chi connectivity index (χ2n) is 6.96. The van der Waals surface area contributed by atoms with Crippen molar-refractivity contribution in [2.75, 3.05) is 27.2 Å². The molecule has 0 aliphatic heterocycles. The van der Waals surface area contributed by atoms with Gasteiger partial charge < -0.3 is 14.8 Å². The van der Waals surface area contributed by atoms with Crippen LogP contribution >= 0.6 is 0 Å². The van der Waals surface area contributed by atoms with Gasteiger partial charge in [-0.25, -0.2) is 9.97 Å². The standard InChI is InChI=1S/C21H23N5O/c1-25(2)14-12-22-19(27)11-13-26-18-10-6-3-7-15(18)20-21(26)24-17-9-5-4-8-16(17)23-20/h3-10H,11-14H2,1-2H3,(H,22,27). The molecule has 2 aromatic heterocycles. The van der Waals surface area contributed by atoms with Crippen molar-refractivity contribution in [2.45, 2.75) is 13.0 Å². The SMILES string of the molecule is CN(C)CCNC(=O)CCn1c2ccccc2c2nc3ccccc3nc21. The monoisotopic (exact) mass is 361 g/mol. The normalized spacial score (nSPS) is 11.7. The van der Waals surface area contributed by atoms with Gasteiger partial charge in [-0.15, -0.1) is 0 Å². The number of carbonyl (C=O) groups excluding carboxylic acids is 1. The van der Waals surface area contributed by atoms with Crippen LogP contribution in [0.5, 0.6) is 0 Å². The average Bonchev–Trinajstić information content (AvgIpc) is 2.97. The van der Waals surface area contributed by atoms with Crippen molar-refractivity contribution in [1.29, 1.82) is 0 Å². The molecule has 1 N–H and O–H groups in total. The van der Waals surface area contributed by atoms with Crippen molar-refractivity contribution < 1.29 is 4.79 Å². The predicted octanol–water partition coefficient (Wildman–Crippen LogP) is 2.81. The number of hydrogen-bond donors (Lipinski definition) is 1. The van der Waals surface area contributed by atoms with Gasteiger partial charge in [-0.3, -0.25) is 4.79 Å². The molecule has 0 unspecified atom stereocenters. The molecule has 0 atom stereocenters. The third-order valence-electron chi connectivity index (χ3n) is 4.70. The number of aryl methyl sites for hydroxylation is 1. The Morgan fingerprint density at radius 3 is 2.52 bits per heavy atom. The first-order valence-corrected chi connectivity index (χ1v) is 9.18. The van der Waals surface area contributed by atoms with E-state index in [1.54, 1.807) is 0 Å². The highest BCUT2D eigenvalue weighted by Crippen LogP contribution is 2.28. The van der Waals surface area contributed by atoms with Gasteiger partial charge in [0.05, 0.1) is 16.6 Å². The molecule has 2 heterocycles. The predicted molar refractivity (Wildman–Crippen MR) is 109 cm³/mol. The first-order valence-electron chi connectivity index (χ1n) is 9.18. The van der Waals surface area contributed by atoms with E-state index >= 15 is 0 Å². The van der Waals surface area contributed by atoms with Crippen molar-refractivity contribution >= 4 is 39.0 Å². The van der Waals surface area contributed by atoms with Crippen molar-refractivity contribution in [2.24, 2.45) is 0 Å². The Morgan fingerprint density at radius 1 is 1.04 bits per heavy atom. The van der Waals surface area contributed by atoms with E-state index in [1.165, 1.54) is 0 Å². The third kappa shape index (κ3) is 3.48. The lowest BCUT2D eigenvalue weighted by Gasteiger charge is -2.11. The van der Waals surface area contributed by atoms with Gasteiger partial charge in [-0.2, -0.15) is 0 Å². The number of para-hydroxylation sites is 3. The highest BCUT2D eigenvalue weighted by molar-refractivity contribution is 6.06. The number of benzene rings is 2. The molecule has 4 rings (SSSR count). The Morgan fingerprint density at radius 2 is 1.74 bits per heavy atom. The van der Waals surface area contributed by atoms with Gasteiger partial charge in [0.15, 0.2) is 5.65 Å². The molecule has 0 saturated heterocycles. The number of amides is 1. The topological polar surface area (TPSA) is 63.1 Å². The molecule has 1 amide bonds. The smallest absolute Gasteiger partial charge is 0.221 e. The van der Waals surface area contributed by atoms with Crippen LogP contribution in [-0.2, 0) is 11.3 Å². The number of aromatic nitrogens is 3. The Hall–Kier alpha value is -2.99. The summed E-state index contributed by atoms with van der Waals surface area (Å²) < 4.78 is 2.11. The van der Waals surface area contributed by atoms with Crippen LogP contribution in [0.15, 0.2) is 48.5 Å². The summed E-state index contributed by atoms with van der Waals surface area (Å²) in [6, 6.07) is 16.0. The maximum absolute atomic E-state index is 12.2. The quantitative estimate of drug-likeness (QED) is 0.574. The molecule has 138 valence electrons. The van der Waals surface area contributed by atoms with Crippen molar-refractivity contribution in [3.05, 3.63) is 48.5 Å². The zero-order valence-corrected chi connectivity index (χ0v) is 15.6. The van der Waals surface area contributed by atoms with Crippen LogP contribution in [-0.4, -0.2) is 52.5 Å². The van der Waals surface area contributed by atoms with Gasteiger partial charge in [-0.05, 0) is 32.3 Å². The highest BCUT2D eigenvalue weighted by Gasteiger charge is 2.15. The van der Waals surface area contributed by atoms with Crippen LogP contribution in [0.25, 0.3) is 33.1 Å². The molecule has 2 aromatic carbocycles. The first kappa shape index (κ1) is 17.4. The Labute approximate surface area is 157 Å². The molecule has 6 nitrogen and oxygen atoms in total. The van der Waals surface area contributed by atoms with Crippen molar-refractivity contribution in [3.63, 3.8) is 0 Å². The Bertz CT molecular complexity index is 1120. The Kier molecular flexibility index (Phi) is 4.73. The minimum Gasteiger partial charge on any atom is -0.355 e. The van der Waals surface area contributed by atoms with Gasteiger partial charge in [0.25, 0.3) is 0 Å². The fourth-order valence-electron chi connectivity index (χ4n) is 3.33. The minimum atomic E-state index is 0.0523. The summed E-state index contributed by atoms with van der Waals surface area (Å²) >= 11 is 0. The Balaban J connectivity index is 1.68. The molecule has 0 aliphatic carbocycles. The summed E-state index contributed by atoms with van der Waals surface area (Å²) in [4.78, 5) is 23.9. The summed E-state index contributed by atoms with van der Waals surface area (Å²) in [5, 5.41) is 4.04. The van der Waals surface area contributed by atoms with Gasteiger partial charge in [0, 0.05) is 31.4 Å². The molecule has 27 heavy (non-hydrogen) atoms. The maximum Gasteiger partial charge on any atom is 0.221 e. The van der Waals surface area contributed by atoms with E-state index in [0.29, 0.717) is 19.5 Å². The molecule has 0 spiro atoms. The number of nitrogens with one attached hydrogen (secondary N) is 1. The number of nitrogens with zero attached hydrogens (tertiary/aromatic N) is 4. The average molecular weight is 361 g/mol. The van der Waals surface area contributed by atoms with Crippen LogP contribution in [0.2, 0.25) is 0 Å². The van der Waals surface area contributed by atoms with E-state index in [1.807, 2.05) is 55.4 Å². The molecule has 0 fully saturated rings. The fourth-order valence-corrected chi connectivity index (χ4v) is 3.33. The summed E-state index contributed by atoms with van der Waals surface area (Å²) in [6.07, 6.45) is 0.412. The van der Waals surface area contributed by atoms with E-state index in [2.05, 4.69) is 22.0 Å². The number of likely N-dealkylation sites (N-methyl/N-ethyl adjacent to an activating group) is 1. The van der Waals surface area contributed by atoms with E-state index in [-0.39, 0.29) is 5.91 Å². The second kappa shape index (κ2) is 7.32. The number of fused-ring (bicyclic) bond motifs is 4. The number of hydrogen-bond acceptors (Lipinski definition) is 4. The fraction of sp³-hybridized carbons (Fsp3) is 0.286. The van der Waals surface area contributed by atoms with Crippen molar-refractivity contribution in [1.82, 2.24) is 24.8 Å². The second-order valence-corrected chi connectivity index (χ2v) is 6.96. The van der Waals surface area contributed by atoms with E-state index < -0.39 is 0 Å². The largest absolute Gasteiger partial charge is 0.355 e. The molecule has 0 radical (unpaired) electrons. The lowest BCUT2D eigenvalue weighted by molar-refractivity contribution is -0.121. The zero-order valence-electron chi connectivity index (χ0n) is 15.6. The van der Waals surface area contributed by atoms with Gasteiger partial charge in [0.2, 0.25) is 5.91 Å². The molecular weight excluding hydrogens is 338 g/mol. The summed E-state index contributed by atoms with van der Waals surface area (Å²) in [7, 11) is 3.99. The van der Waals surface area contributed by atoms with Gasteiger partial charge in [-0.1, -0.05) is 30.3 Å². The van der Waals surface area contributed by atoms with Gasteiger partial charge in [0.1, 0.15) is 5.52 Å². The highest BCUT2D eigenvalue weighted by atomic mass is 16.1. The summed E-state index contributed by atoms with van der Waals surface area (Å²) in [5.74, 6) is 0.0523. The van der Waals surface area contributed by atoms with Crippen LogP contribution in [0.3, 0.4) is 0 Å². The van der Waals surface area contributed by atoms with Crippen LogP contribution in [0.4, 0.5) is 0 Å². The van der Waals surface area contributed by atoms with E-state index in [9.17, 15) is 4.79 Å². The summed E-state index contributed by atoms with van der Waals surface area (Å²) in [6.45, 7) is 2.06. The molecular formula is C21H23N5O. The molecule has 4 aromatic rings. The molecule has 0 aliphatic rings. The molecule has 0 saturated carbocycles. The van der Waals surface area contributed by atoms with E-state index in [0.717, 1.165) is 39.6 Å². The van der Waals surface area contributed by atoms with Crippen LogP contribution in [0.1, 0.15) is 6.42 Å². The first-order chi connectivity index (χ1) is 13.1. The minimum absolute atomic E-state index is 0.0523. The maximum atomic E-state index is 12.2.